The molecule has 3 rings (SSSR count). The van der Waals surface area contributed by atoms with Gasteiger partial charge < -0.3 is 14.6 Å². The van der Waals surface area contributed by atoms with Gasteiger partial charge in [-0.2, -0.15) is 4.68 Å². The van der Waals surface area contributed by atoms with Gasteiger partial charge in [-0.1, -0.05) is 0 Å². The molecule has 138 valence electrons. The fraction of sp³-hybridized carbons (Fsp3) is 0.389. The van der Waals surface area contributed by atoms with Crippen molar-refractivity contribution in [2.75, 3.05) is 12.4 Å². The van der Waals surface area contributed by atoms with Crippen LogP contribution in [-0.2, 0) is 11.3 Å². The quantitative estimate of drug-likeness (QED) is 0.632. The number of ether oxygens (including phenoxy) is 1. The first-order valence-electron chi connectivity index (χ1n) is 8.39. The number of carbonyl (C=O) groups is 1. The highest BCUT2D eigenvalue weighted by molar-refractivity contribution is 9.10. The second kappa shape index (κ2) is 6.75. The molecule has 0 spiro atoms. The Balaban J connectivity index is 2.21. The molecule has 0 atom stereocenters. The number of rotatable bonds is 3. The minimum absolute atomic E-state index is 0.514. The van der Waals surface area contributed by atoms with Crippen molar-refractivity contribution in [3.8, 4) is 11.3 Å². The third-order valence-corrected chi connectivity index (χ3v) is 4.32. The number of aryl methyl sites for hydroxylation is 1. The van der Waals surface area contributed by atoms with Gasteiger partial charge in [0.15, 0.2) is 0 Å². The van der Waals surface area contributed by atoms with E-state index in [2.05, 4.69) is 42.8 Å². The van der Waals surface area contributed by atoms with Crippen LogP contribution in [0.25, 0.3) is 22.2 Å². The molecular weight excluding hydrogens is 398 g/mol. The number of anilines is 1. The molecule has 0 saturated heterocycles. The van der Waals surface area contributed by atoms with E-state index in [1.165, 1.54) is 4.68 Å². The number of carbonyl (C=O) groups excluding carboxylic acids is 1. The first-order valence-corrected chi connectivity index (χ1v) is 9.18. The lowest BCUT2D eigenvalue weighted by atomic mass is 10.1. The van der Waals surface area contributed by atoms with Crippen LogP contribution in [0.1, 0.15) is 27.7 Å². The number of hydrogen-bond donors (Lipinski definition) is 1. The molecule has 26 heavy (non-hydrogen) atoms. The number of hydrogen-bond acceptors (Lipinski definition) is 5. The predicted octanol–water partition coefficient (Wildman–Crippen LogP) is 4.51. The zero-order valence-electron chi connectivity index (χ0n) is 15.5. The molecule has 0 unspecified atom stereocenters. The molecule has 0 aromatic carbocycles. The molecule has 3 heterocycles. The van der Waals surface area contributed by atoms with Crippen molar-refractivity contribution in [1.82, 2.24) is 19.3 Å². The highest BCUT2D eigenvalue weighted by Gasteiger charge is 2.24. The molecule has 0 saturated carbocycles. The Kier molecular flexibility index (Phi) is 4.79. The van der Waals surface area contributed by atoms with Crippen molar-refractivity contribution in [3.05, 3.63) is 29.1 Å². The van der Waals surface area contributed by atoms with E-state index in [-0.39, 0.29) is 0 Å². The molecule has 3 aromatic heterocycles. The van der Waals surface area contributed by atoms with Crippen molar-refractivity contribution in [3.63, 3.8) is 0 Å². The van der Waals surface area contributed by atoms with Crippen LogP contribution in [-0.4, -0.2) is 38.1 Å². The van der Waals surface area contributed by atoms with Crippen LogP contribution >= 0.6 is 15.9 Å². The van der Waals surface area contributed by atoms with Crippen LogP contribution in [0.15, 0.2) is 29.1 Å². The summed E-state index contributed by atoms with van der Waals surface area (Å²) in [6.45, 7) is 8.35. The van der Waals surface area contributed by atoms with E-state index < -0.39 is 11.7 Å². The van der Waals surface area contributed by atoms with Crippen molar-refractivity contribution in [1.29, 1.82) is 0 Å². The normalized spacial score (nSPS) is 11.8. The van der Waals surface area contributed by atoms with Crippen molar-refractivity contribution in [2.24, 2.45) is 0 Å². The van der Waals surface area contributed by atoms with Gasteiger partial charge in [0.25, 0.3) is 0 Å². The molecular formula is C18H22BrN5O2. The molecule has 0 amide bonds. The molecule has 3 aromatic rings. The van der Waals surface area contributed by atoms with Gasteiger partial charge >= 0.3 is 6.09 Å². The molecule has 7 nitrogen and oxygen atoms in total. The second-order valence-electron chi connectivity index (χ2n) is 6.91. The SMILES string of the molecule is CCn1cc(-c2cc(NC)nn2C(=O)OC(C)(C)C)c2cc(Br)ncc21. The van der Waals surface area contributed by atoms with Crippen molar-refractivity contribution < 1.29 is 9.53 Å². The van der Waals surface area contributed by atoms with Crippen LogP contribution in [0.5, 0.6) is 0 Å². The third kappa shape index (κ3) is 3.46. The van der Waals surface area contributed by atoms with Crippen LogP contribution in [0.2, 0.25) is 0 Å². The van der Waals surface area contributed by atoms with E-state index in [1.807, 2.05) is 45.3 Å². The Morgan fingerprint density at radius 3 is 2.69 bits per heavy atom. The van der Waals surface area contributed by atoms with Gasteiger partial charge in [-0.3, -0.25) is 0 Å². The fourth-order valence-corrected chi connectivity index (χ4v) is 3.10. The monoisotopic (exact) mass is 419 g/mol. The smallest absolute Gasteiger partial charge is 0.435 e. The molecule has 0 aliphatic heterocycles. The molecule has 0 fully saturated rings. The summed E-state index contributed by atoms with van der Waals surface area (Å²) in [5, 5.41) is 8.32. The van der Waals surface area contributed by atoms with E-state index in [1.54, 1.807) is 7.05 Å². The Hall–Kier alpha value is -2.35. The van der Waals surface area contributed by atoms with Crippen LogP contribution < -0.4 is 5.32 Å². The van der Waals surface area contributed by atoms with E-state index in [4.69, 9.17) is 4.74 Å². The van der Waals surface area contributed by atoms with Crippen molar-refractivity contribution in [2.45, 2.75) is 39.8 Å². The van der Waals surface area contributed by atoms with Crippen molar-refractivity contribution >= 4 is 38.7 Å². The van der Waals surface area contributed by atoms with Gasteiger partial charge in [-0.15, -0.1) is 5.10 Å². The minimum Gasteiger partial charge on any atom is -0.442 e. The highest BCUT2D eigenvalue weighted by Crippen LogP contribution is 2.33. The molecule has 1 N–H and O–H groups in total. The topological polar surface area (TPSA) is 74.0 Å². The number of aromatic nitrogens is 4. The van der Waals surface area contributed by atoms with E-state index in [9.17, 15) is 4.79 Å². The van der Waals surface area contributed by atoms with Gasteiger partial charge in [0.1, 0.15) is 16.0 Å². The first kappa shape index (κ1) is 18.4. The summed E-state index contributed by atoms with van der Waals surface area (Å²) >= 11 is 3.43. The Morgan fingerprint density at radius 2 is 2.08 bits per heavy atom. The Bertz CT molecular complexity index is 968. The first-order chi connectivity index (χ1) is 12.2. The van der Waals surface area contributed by atoms with Gasteiger partial charge in [0, 0.05) is 36.8 Å². The van der Waals surface area contributed by atoms with Gasteiger partial charge in [0.2, 0.25) is 0 Å². The average molecular weight is 420 g/mol. The molecule has 0 aliphatic rings. The van der Waals surface area contributed by atoms with Crippen LogP contribution in [0, 0.1) is 0 Å². The number of pyridine rings is 1. The maximum Gasteiger partial charge on any atom is 0.435 e. The third-order valence-electron chi connectivity index (χ3n) is 3.88. The van der Waals surface area contributed by atoms with E-state index in [0.717, 1.165) is 27.6 Å². The number of fused-ring (bicyclic) bond motifs is 1. The lowest BCUT2D eigenvalue weighted by Crippen LogP contribution is -2.28. The zero-order chi connectivity index (χ0) is 19.1. The maximum atomic E-state index is 12.7. The fourth-order valence-electron chi connectivity index (χ4n) is 2.77. The zero-order valence-corrected chi connectivity index (χ0v) is 17.1. The summed E-state index contributed by atoms with van der Waals surface area (Å²) in [7, 11) is 1.77. The standard InChI is InChI=1S/C18H22BrN5O2/c1-6-23-10-12(11-7-15(19)21-9-14(11)23)13-8-16(20-5)22-24(13)17(25)26-18(2,3)4/h7-10H,6H2,1-5H3,(H,20,22). The number of nitrogens with zero attached hydrogens (tertiary/aromatic N) is 4. The predicted molar refractivity (Wildman–Crippen MR) is 106 cm³/mol. The average Bonchev–Trinajstić information content (AvgIpc) is 3.13. The molecule has 0 aliphatic carbocycles. The summed E-state index contributed by atoms with van der Waals surface area (Å²) in [6.07, 6.45) is 3.31. The second-order valence-corrected chi connectivity index (χ2v) is 7.72. The molecule has 0 bridgehead atoms. The lowest BCUT2D eigenvalue weighted by Gasteiger charge is -2.19. The van der Waals surface area contributed by atoms with Crippen LogP contribution in [0.4, 0.5) is 10.6 Å². The minimum atomic E-state index is -0.607. The number of nitrogens with one attached hydrogen (secondary N) is 1. The maximum absolute atomic E-state index is 12.7. The Morgan fingerprint density at radius 1 is 1.35 bits per heavy atom. The summed E-state index contributed by atoms with van der Waals surface area (Å²) in [5.41, 5.74) is 1.95. The summed E-state index contributed by atoms with van der Waals surface area (Å²) < 4.78 is 9.65. The van der Waals surface area contributed by atoms with Crippen LogP contribution in [0.3, 0.4) is 0 Å². The summed E-state index contributed by atoms with van der Waals surface area (Å²) in [5.74, 6) is 0.594. The van der Waals surface area contributed by atoms with Gasteiger partial charge in [-0.05, 0) is 49.7 Å². The summed E-state index contributed by atoms with van der Waals surface area (Å²) in [6, 6.07) is 3.79. The molecule has 0 radical (unpaired) electrons. The summed E-state index contributed by atoms with van der Waals surface area (Å²) in [4.78, 5) is 17.0. The van der Waals surface area contributed by atoms with Gasteiger partial charge in [0.05, 0.1) is 17.4 Å². The lowest BCUT2D eigenvalue weighted by molar-refractivity contribution is 0.0518. The largest absolute Gasteiger partial charge is 0.442 e. The highest BCUT2D eigenvalue weighted by atomic mass is 79.9. The molecule has 8 heteroatoms. The van der Waals surface area contributed by atoms with Gasteiger partial charge in [-0.25, -0.2) is 9.78 Å². The Labute approximate surface area is 160 Å². The van der Waals surface area contributed by atoms with E-state index >= 15 is 0 Å². The van der Waals surface area contributed by atoms with E-state index in [0.29, 0.717) is 11.5 Å². The number of halogens is 1.